The van der Waals surface area contributed by atoms with E-state index in [1.54, 1.807) is 12.1 Å². The fraction of sp³-hybridized carbons (Fsp3) is 0.0714. The molecular weight excluding hydrogens is 474 g/mol. The van der Waals surface area contributed by atoms with Gasteiger partial charge in [0.25, 0.3) is 0 Å². The van der Waals surface area contributed by atoms with Gasteiger partial charge in [0.05, 0.1) is 10.9 Å². The summed E-state index contributed by atoms with van der Waals surface area (Å²) in [6.07, 6.45) is 0. The summed E-state index contributed by atoms with van der Waals surface area (Å²) in [6.45, 7) is 2.32. The van der Waals surface area contributed by atoms with E-state index in [4.69, 9.17) is 22.1 Å². The van der Waals surface area contributed by atoms with Crippen LogP contribution in [0.5, 0.6) is 5.75 Å². The zero-order valence-corrected chi connectivity index (χ0v) is 20.3. The third-order valence-electron chi connectivity index (χ3n) is 5.77. The lowest BCUT2D eigenvalue weighted by atomic mass is 9.98. The van der Waals surface area contributed by atoms with Crippen molar-refractivity contribution in [3.63, 3.8) is 0 Å². The first kappa shape index (κ1) is 23.3. The minimum absolute atomic E-state index is 0.306. The lowest BCUT2D eigenvalue weighted by molar-refractivity contribution is 0.262. The molecular formula is C28H24ClN5O2. The van der Waals surface area contributed by atoms with E-state index in [1.807, 2.05) is 79.7 Å². The van der Waals surface area contributed by atoms with E-state index < -0.39 is 0 Å². The summed E-state index contributed by atoms with van der Waals surface area (Å²) in [6, 6.07) is 26.1. The smallest absolute Gasteiger partial charge is 0.323 e. The zero-order valence-electron chi connectivity index (χ0n) is 19.5. The number of hydrogen-bond acceptors (Lipinski definition) is 4. The van der Waals surface area contributed by atoms with Crippen molar-refractivity contribution in [1.29, 1.82) is 0 Å². The van der Waals surface area contributed by atoms with Gasteiger partial charge >= 0.3 is 6.03 Å². The highest BCUT2D eigenvalue weighted by Gasteiger charge is 2.14. The van der Waals surface area contributed by atoms with Crippen molar-refractivity contribution in [2.45, 2.75) is 13.5 Å². The van der Waals surface area contributed by atoms with E-state index in [2.05, 4.69) is 20.8 Å². The van der Waals surface area contributed by atoms with Crippen LogP contribution in [0.15, 0.2) is 84.9 Å². The van der Waals surface area contributed by atoms with Crippen LogP contribution < -0.4 is 21.1 Å². The van der Waals surface area contributed by atoms with Crippen molar-refractivity contribution in [1.82, 2.24) is 10.2 Å². The number of urea groups is 1. The predicted molar refractivity (Wildman–Crippen MR) is 146 cm³/mol. The first-order chi connectivity index (χ1) is 17.5. The quantitative estimate of drug-likeness (QED) is 0.203. The highest BCUT2D eigenvalue weighted by Crippen LogP contribution is 2.34. The molecule has 0 spiro atoms. The molecule has 4 aromatic carbocycles. The van der Waals surface area contributed by atoms with Crippen molar-refractivity contribution in [2.24, 2.45) is 0 Å². The van der Waals surface area contributed by atoms with Gasteiger partial charge in [-0.05, 0) is 72.1 Å². The van der Waals surface area contributed by atoms with E-state index in [9.17, 15) is 4.79 Å². The third-order valence-corrected chi connectivity index (χ3v) is 6.03. The molecule has 5 N–H and O–H groups in total. The number of anilines is 3. The second kappa shape index (κ2) is 10.0. The Bertz CT molecular complexity index is 1530. The number of rotatable bonds is 6. The normalized spacial score (nSPS) is 10.8. The van der Waals surface area contributed by atoms with Gasteiger partial charge in [-0.1, -0.05) is 48.0 Å². The number of carbonyl (C=O) groups excluding carboxylic acids is 1. The lowest BCUT2D eigenvalue weighted by Crippen LogP contribution is -2.19. The number of aromatic amines is 1. The van der Waals surface area contributed by atoms with Gasteiger partial charge in [0, 0.05) is 22.0 Å². The second-order valence-electron chi connectivity index (χ2n) is 8.40. The molecule has 0 saturated heterocycles. The number of benzene rings is 4. The van der Waals surface area contributed by atoms with Crippen molar-refractivity contribution < 1.29 is 9.53 Å². The molecule has 8 heteroatoms. The molecule has 1 aromatic heterocycles. The summed E-state index contributed by atoms with van der Waals surface area (Å²) in [5.74, 6) is 1.13. The fourth-order valence-electron chi connectivity index (χ4n) is 4.01. The molecule has 0 aliphatic heterocycles. The molecule has 0 bridgehead atoms. The van der Waals surface area contributed by atoms with Crippen LogP contribution in [-0.2, 0) is 6.61 Å². The number of H-pyrrole nitrogens is 1. The first-order valence-electron chi connectivity index (χ1n) is 11.4. The van der Waals surface area contributed by atoms with Gasteiger partial charge in [0.15, 0.2) is 5.82 Å². The lowest BCUT2D eigenvalue weighted by Gasteiger charge is -2.11. The molecule has 0 aliphatic carbocycles. The van der Waals surface area contributed by atoms with Crippen LogP contribution >= 0.6 is 11.6 Å². The van der Waals surface area contributed by atoms with Gasteiger partial charge in [-0.25, -0.2) is 4.79 Å². The summed E-state index contributed by atoms with van der Waals surface area (Å²) in [4.78, 5) is 12.4. The van der Waals surface area contributed by atoms with Crippen molar-refractivity contribution in [3.05, 3.63) is 101 Å². The Hall–Kier alpha value is -4.49. The number of aryl methyl sites for hydroxylation is 1. The fourth-order valence-corrected chi connectivity index (χ4v) is 4.14. The SMILES string of the molecule is Cc1cccc(NC(=O)Nc2ccc(-c3ccc(COc4ccc(Cl)cc4)c4[nH]nc(N)c34)cc2)c1. The maximum atomic E-state index is 12.4. The van der Waals surface area contributed by atoms with Crippen LogP contribution in [0.2, 0.25) is 5.02 Å². The van der Waals surface area contributed by atoms with Crippen LogP contribution in [0.25, 0.3) is 22.0 Å². The largest absolute Gasteiger partial charge is 0.489 e. The van der Waals surface area contributed by atoms with Crippen molar-refractivity contribution >= 4 is 45.7 Å². The molecule has 36 heavy (non-hydrogen) atoms. The predicted octanol–water partition coefficient (Wildman–Crippen LogP) is 7.00. The third kappa shape index (κ3) is 5.11. The number of nitrogens with two attached hydrogens (primary N) is 1. The molecule has 7 nitrogen and oxygen atoms in total. The van der Waals surface area contributed by atoms with Gasteiger partial charge < -0.3 is 21.1 Å². The number of nitrogens with zero attached hydrogens (tertiary/aromatic N) is 1. The van der Waals surface area contributed by atoms with Crippen LogP contribution in [-0.4, -0.2) is 16.2 Å². The number of fused-ring (bicyclic) bond motifs is 1. The monoisotopic (exact) mass is 497 g/mol. The Morgan fingerprint density at radius 3 is 2.47 bits per heavy atom. The van der Waals surface area contributed by atoms with Crippen molar-refractivity contribution in [2.75, 3.05) is 16.4 Å². The summed E-state index contributed by atoms with van der Waals surface area (Å²) in [5, 5.41) is 14.4. The summed E-state index contributed by atoms with van der Waals surface area (Å²) in [7, 11) is 0. The number of amides is 2. The summed E-state index contributed by atoms with van der Waals surface area (Å²) >= 11 is 5.95. The van der Waals surface area contributed by atoms with Gasteiger partial charge in [0.2, 0.25) is 0 Å². The molecule has 0 radical (unpaired) electrons. The number of nitrogens with one attached hydrogen (secondary N) is 3. The molecule has 0 fully saturated rings. The molecule has 1 heterocycles. The van der Waals surface area contributed by atoms with E-state index in [0.717, 1.165) is 44.6 Å². The van der Waals surface area contributed by atoms with Crippen molar-refractivity contribution in [3.8, 4) is 16.9 Å². The Kier molecular flexibility index (Phi) is 6.47. The number of carbonyl (C=O) groups is 1. The van der Waals surface area contributed by atoms with Gasteiger partial charge in [-0.3, -0.25) is 5.10 Å². The minimum Gasteiger partial charge on any atom is -0.489 e. The molecule has 0 atom stereocenters. The summed E-state index contributed by atoms with van der Waals surface area (Å²) in [5.41, 5.74) is 12.3. The zero-order chi connectivity index (χ0) is 25.1. The van der Waals surface area contributed by atoms with Gasteiger partial charge in [0.1, 0.15) is 12.4 Å². The molecule has 2 amide bonds. The summed E-state index contributed by atoms with van der Waals surface area (Å²) < 4.78 is 5.92. The first-order valence-corrected chi connectivity index (χ1v) is 11.7. The molecule has 5 rings (SSSR count). The minimum atomic E-state index is -0.306. The van der Waals surface area contributed by atoms with Crippen LogP contribution in [0.1, 0.15) is 11.1 Å². The molecule has 0 aliphatic rings. The van der Waals surface area contributed by atoms with Crippen LogP contribution in [0, 0.1) is 6.92 Å². The Morgan fingerprint density at radius 1 is 0.972 bits per heavy atom. The molecule has 0 saturated carbocycles. The van der Waals surface area contributed by atoms with E-state index in [1.165, 1.54) is 0 Å². The number of nitrogen functional groups attached to an aromatic ring is 1. The highest BCUT2D eigenvalue weighted by molar-refractivity contribution is 6.30. The number of aromatic nitrogens is 2. The maximum absolute atomic E-state index is 12.4. The Labute approximate surface area is 213 Å². The van der Waals surface area contributed by atoms with Crippen LogP contribution in [0.4, 0.5) is 22.0 Å². The topological polar surface area (TPSA) is 105 Å². The average Bonchev–Trinajstić information content (AvgIpc) is 3.26. The molecule has 180 valence electrons. The van der Waals surface area contributed by atoms with Gasteiger partial charge in [-0.15, -0.1) is 0 Å². The molecule has 0 unspecified atom stereocenters. The number of halogens is 1. The van der Waals surface area contributed by atoms with E-state index in [-0.39, 0.29) is 6.03 Å². The van der Waals surface area contributed by atoms with E-state index in [0.29, 0.717) is 23.1 Å². The van der Waals surface area contributed by atoms with Crippen LogP contribution in [0.3, 0.4) is 0 Å². The Balaban J connectivity index is 1.33. The second-order valence-corrected chi connectivity index (χ2v) is 8.84. The highest BCUT2D eigenvalue weighted by atomic mass is 35.5. The number of ether oxygens (including phenoxy) is 1. The van der Waals surface area contributed by atoms with E-state index >= 15 is 0 Å². The molecule has 5 aromatic rings. The van der Waals surface area contributed by atoms with Gasteiger partial charge in [-0.2, -0.15) is 5.10 Å². The Morgan fingerprint density at radius 2 is 1.72 bits per heavy atom. The number of hydrogen-bond donors (Lipinski definition) is 4. The standard InChI is InChI=1S/C28H24ClN5O2/c1-17-3-2-4-22(15-17)32-28(35)31-21-10-5-18(6-11-21)24-14-7-19(26-25(24)27(30)34-33-26)16-36-23-12-8-20(29)9-13-23/h2-15H,16H2,1H3,(H3,30,33,34)(H2,31,32,35). The maximum Gasteiger partial charge on any atom is 0.323 e. The average molecular weight is 498 g/mol.